The molecule has 184 valence electrons. The molecule has 8 nitrogen and oxygen atoms in total. The topological polar surface area (TPSA) is 106 Å². The summed E-state index contributed by atoms with van der Waals surface area (Å²) in [5, 5.41) is 6.77. The maximum absolute atomic E-state index is 12.8. The van der Waals surface area contributed by atoms with Crippen LogP contribution in [-0.2, 0) is 9.59 Å². The van der Waals surface area contributed by atoms with E-state index in [0.29, 0.717) is 27.9 Å². The SMILES string of the molecule is COc1cc(C=NNC(=O)[C@@H]2C(=O)NC[C@H]2c2ccccc2)cc(Br)c1OC(=O)c1ccc(C)cc1. The third-order valence-corrected chi connectivity index (χ3v) is 6.40. The number of methoxy groups -OCH3 is 1. The van der Waals surface area contributed by atoms with E-state index in [4.69, 9.17) is 9.47 Å². The van der Waals surface area contributed by atoms with E-state index in [0.717, 1.165) is 11.1 Å². The van der Waals surface area contributed by atoms with E-state index in [1.807, 2.05) is 49.4 Å². The largest absolute Gasteiger partial charge is 0.493 e. The fourth-order valence-electron chi connectivity index (χ4n) is 3.93. The molecule has 4 rings (SSSR count). The number of nitrogens with zero attached hydrogens (tertiary/aromatic N) is 1. The molecule has 0 aliphatic carbocycles. The van der Waals surface area contributed by atoms with E-state index in [1.165, 1.54) is 13.3 Å². The first kappa shape index (κ1) is 25.1. The second kappa shape index (κ2) is 11.2. The van der Waals surface area contributed by atoms with Gasteiger partial charge in [-0.25, -0.2) is 10.2 Å². The Labute approximate surface area is 216 Å². The van der Waals surface area contributed by atoms with E-state index in [2.05, 4.69) is 31.8 Å². The predicted molar refractivity (Wildman–Crippen MR) is 138 cm³/mol. The van der Waals surface area contributed by atoms with Crippen LogP contribution >= 0.6 is 15.9 Å². The summed E-state index contributed by atoms with van der Waals surface area (Å²) in [6, 6.07) is 19.7. The fraction of sp³-hybridized carbons (Fsp3) is 0.185. The number of rotatable bonds is 7. The van der Waals surface area contributed by atoms with Gasteiger partial charge in [0, 0.05) is 12.5 Å². The number of hydrogen-bond donors (Lipinski definition) is 2. The summed E-state index contributed by atoms with van der Waals surface area (Å²) in [5.41, 5.74) is 5.38. The first-order chi connectivity index (χ1) is 17.4. The molecule has 9 heteroatoms. The maximum Gasteiger partial charge on any atom is 0.343 e. The number of benzene rings is 3. The van der Waals surface area contributed by atoms with Gasteiger partial charge in [0.2, 0.25) is 5.91 Å². The third-order valence-electron chi connectivity index (χ3n) is 5.81. The van der Waals surface area contributed by atoms with Crippen LogP contribution in [-0.4, -0.2) is 37.7 Å². The standard InChI is InChI=1S/C27H24BrN3O5/c1-16-8-10-19(11-9-16)27(34)36-24-21(28)12-17(13-22(24)35-2)14-30-31-26(33)23-20(15-29-25(23)32)18-6-4-3-5-7-18/h3-14,20,23H,15H2,1-2H3,(H,29,32)(H,31,33)/t20-,23-/m0/s1. The number of amides is 2. The Kier molecular flexibility index (Phi) is 7.80. The highest BCUT2D eigenvalue weighted by atomic mass is 79.9. The predicted octanol–water partition coefficient (Wildman–Crippen LogP) is 3.97. The van der Waals surface area contributed by atoms with Crippen molar-refractivity contribution < 1.29 is 23.9 Å². The maximum atomic E-state index is 12.8. The summed E-state index contributed by atoms with van der Waals surface area (Å²) < 4.78 is 11.4. The van der Waals surface area contributed by atoms with Crippen LogP contribution < -0.4 is 20.2 Å². The number of nitrogens with one attached hydrogen (secondary N) is 2. The second-order valence-electron chi connectivity index (χ2n) is 8.26. The molecule has 0 spiro atoms. The molecular weight excluding hydrogens is 526 g/mol. The lowest BCUT2D eigenvalue weighted by molar-refractivity contribution is -0.133. The van der Waals surface area contributed by atoms with Crippen molar-refractivity contribution in [2.75, 3.05) is 13.7 Å². The quantitative estimate of drug-likeness (QED) is 0.152. The summed E-state index contributed by atoms with van der Waals surface area (Å²) in [6.07, 6.45) is 1.42. The molecule has 0 aromatic heterocycles. The van der Waals surface area contributed by atoms with Crippen LogP contribution in [0.3, 0.4) is 0 Å². The number of carbonyl (C=O) groups excluding carboxylic acids is 3. The molecule has 3 aromatic rings. The van der Waals surface area contributed by atoms with Crippen LogP contribution in [0, 0.1) is 12.8 Å². The van der Waals surface area contributed by atoms with Crippen molar-refractivity contribution in [1.29, 1.82) is 0 Å². The summed E-state index contributed by atoms with van der Waals surface area (Å²) in [6.45, 7) is 2.32. The zero-order valence-electron chi connectivity index (χ0n) is 19.7. The van der Waals surface area contributed by atoms with Gasteiger partial charge in [-0.3, -0.25) is 9.59 Å². The van der Waals surface area contributed by atoms with Crippen molar-refractivity contribution in [3.8, 4) is 11.5 Å². The van der Waals surface area contributed by atoms with Crippen molar-refractivity contribution in [3.05, 3.63) is 93.5 Å². The van der Waals surface area contributed by atoms with Gasteiger partial charge in [-0.1, -0.05) is 48.0 Å². The number of hydrazone groups is 1. The summed E-state index contributed by atoms with van der Waals surface area (Å²) in [7, 11) is 1.45. The Bertz CT molecular complexity index is 1310. The van der Waals surface area contributed by atoms with Gasteiger partial charge >= 0.3 is 5.97 Å². The minimum atomic E-state index is -0.880. The van der Waals surface area contributed by atoms with E-state index in [9.17, 15) is 14.4 Å². The summed E-state index contributed by atoms with van der Waals surface area (Å²) in [4.78, 5) is 37.6. The smallest absolute Gasteiger partial charge is 0.343 e. The van der Waals surface area contributed by atoms with Crippen molar-refractivity contribution in [2.24, 2.45) is 11.0 Å². The average molecular weight is 550 g/mol. The molecule has 3 aromatic carbocycles. The highest BCUT2D eigenvalue weighted by molar-refractivity contribution is 9.10. The third kappa shape index (κ3) is 5.63. The Balaban J connectivity index is 1.46. The monoisotopic (exact) mass is 549 g/mol. The van der Waals surface area contributed by atoms with Crippen LogP contribution in [0.15, 0.2) is 76.3 Å². The van der Waals surface area contributed by atoms with Crippen molar-refractivity contribution >= 4 is 39.9 Å². The van der Waals surface area contributed by atoms with Gasteiger partial charge in [0.05, 0.1) is 23.4 Å². The van der Waals surface area contributed by atoms with Gasteiger partial charge in [-0.15, -0.1) is 0 Å². The first-order valence-electron chi connectivity index (χ1n) is 11.2. The van der Waals surface area contributed by atoms with Crippen LogP contribution in [0.1, 0.15) is 33.0 Å². The van der Waals surface area contributed by atoms with Gasteiger partial charge < -0.3 is 14.8 Å². The zero-order valence-corrected chi connectivity index (χ0v) is 21.2. The molecule has 0 unspecified atom stereocenters. The number of aryl methyl sites for hydroxylation is 1. The Morgan fingerprint density at radius 1 is 1.11 bits per heavy atom. The van der Waals surface area contributed by atoms with Crippen molar-refractivity contribution in [2.45, 2.75) is 12.8 Å². The molecular formula is C27H24BrN3O5. The molecule has 36 heavy (non-hydrogen) atoms. The molecule has 1 heterocycles. The van der Waals surface area contributed by atoms with Crippen molar-refractivity contribution in [1.82, 2.24) is 10.7 Å². The van der Waals surface area contributed by atoms with E-state index in [1.54, 1.807) is 24.3 Å². The molecule has 2 atom stereocenters. The van der Waals surface area contributed by atoms with Crippen LogP contribution in [0.25, 0.3) is 0 Å². The number of hydrogen-bond acceptors (Lipinski definition) is 6. The van der Waals surface area contributed by atoms with E-state index >= 15 is 0 Å². The highest BCUT2D eigenvalue weighted by Gasteiger charge is 2.40. The minimum absolute atomic E-state index is 0.220. The van der Waals surface area contributed by atoms with Crippen LogP contribution in [0.4, 0.5) is 0 Å². The first-order valence-corrected chi connectivity index (χ1v) is 12.0. The van der Waals surface area contributed by atoms with Crippen LogP contribution in [0.5, 0.6) is 11.5 Å². The van der Waals surface area contributed by atoms with Crippen molar-refractivity contribution in [3.63, 3.8) is 0 Å². The van der Waals surface area contributed by atoms with Gasteiger partial charge in [-0.05, 0) is 58.2 Å². The molecule has 0 saturated carbocycles. The number of halogens is 1. The van der Waals surface area contributed by atoms with Gasteiger partial charge in [0.15, 0.2) is 11.5 Å². The summed E-state index contributed by atoms with van der Waals surface area (Å²) in [5.74, 6) is -1.98. The summed E-state index contributed by atoms with van der Waals surface area (Å²) >= 11 is 3.41. The molecule has 0 bridgehead atoms. The molecule has 1 aliphatic heterocycles. The van der Waals surface area contributed by atoms with E-state index in [-0.39, 0.29) is 17.6 Å². The normalized spacial score (nSPS) is 17.0. The second-order valence-corrected chi connectivity index (χ2v) is 9.12. The fourth-order valence-corrected chi connectivity index (χ4v) is 4.47. The molecule has 1 aliphatic rings. The molecule has 2 amide bonds. The lowest BCUT2D eigenvalue weighted by atomic mass is 9.88. The number of ether oxygens (including phenoxy) is 2. The Morgan fingerprint density at radius 2 is 1.83 bits per heavy atom. The highest BCUT2D eigenvalue weighted by Crippen LogP contribution is 2.37. The average Bonchev–Trinajstić information content (AvgIpc) is 3.27. The van der Waals surface area contributed by atoms with Gasteiger partial charge in [0.1, 0.15) is 5.92 Å². The molecule has 0 radical (unpaired) electrons. The lowest BCUT2D eigenvalue weighted by Gasteiger charge is -2.15. The van der Waals surface area contributed by atoms with E-state index < -0.39 is 17.8 Å². The Morgan fingerprint density at radius 3 is 2.53 bits per heavy atom. The van der Waals surface area contributed by atoms with Crippen LogP contribution in [0.2, 0.25) is 0 Å². The molecule has 1 fully saturated rings. The van der Waals surface area contributed by atoms with Gasteiger partial charge in [-0.2, -0.15) is 5.10 Å². The minimum Gasteiger partial charge on any atom is -0.493 e. The Hall–Kier alpha value is -3.98. The molecule has 1 saturated heterocycles. The van der Waals surface area contributed by atoms with Gasteiger partial charge in [0.25, 0.3) is 5.91 Å². The zero-order chi connectivity index (χ0) is 25.7. The molecule has 2 N–H and O–H groups in total. The number of esters is 1. The lowest BCUT2D eigenvalue weighted by Crippen LogP contribution is -2.34. The number of carbonyl (C=O) groups is 3.